The minimum Gasteiger partial charge on any atom is -0.305 e. The number of halogens is 1. The van der Waals surface area contributed by atoms with Crippen LogP contribution in [0, 0.1) is 0 Å². The molecule has 114 valence electrons. The van der Waals surface area contributed by atoms with Crippen LogP contribution >= 0.6 is 15.9 Å². The monoisotopic (exact) mass is 362 g/mol. The summed E-state index contributed by atoms with van der Waals surface area (Å²) in [5.74, 6) is 0. The normalized spacial score (nSPS) is 12.7. The van der Waals surface area contributed by atoms with Gasteiger partial charge in [0, 0.05) is 14.1 Å². The average Bonchev–Trinajstić information content (AvgIpc) is 2.88. The Morgan fingerprint density at radius 2 is 1.73 bits per heavy atom. The van der Waals surface area contributed by atoms with E-state index in [4.69, 9.17) is 0 Å². The molecule has 1 aromatic carbocycles. The Morgan fingerprint density at radius 1 is 1.09 bits per heavy atom. The first-order chi connectivity index (χ1) is 10.4. The Morgan fingerprint density at radius 3 is 2.36 bits per heavy atom. The van der Waals surface area contributed by atoms with E-state index in [1.165, 1.54) is 11.6 Å². The summed E-state index contributed by atoms with van der Waals surface area (Å²) in [4.78, 5) is 28.9. The molecule has 1 atom stereocenters. The van der Waals surface area contributed by atoms with Crippen molar-refractivity contribution < 1.29 is 0 Å². The fourth-order valence-electron chi connectivity index (χ4n) is 2.62. The van der Waals surface area contributed by atoms with Crippen molar-refractivity contribution in [1.82, 2.24) is 18.7 Å². The second-order valence-electron chi connectivity index (χ2n) is 5.22. The number of nitrogens with zero attached hydrogens (tertiary/aromatic N) is 4. The molecule has 0 aliphatic carbocycles. The van der Waals surface area contributed by atoms with E-state index in [1.807, 2.05) is 41.8 Å². The third-order valence-electron chi connectivity index (χ3n) is 3.92. The highest BCUT2D eigenvalue weighted by Gasteiger charge is 2.21. The van der Waals surface area contributed by atoms with E-state index in [1.54, 1.807) is 7.05 Å². The topological polar surface area (TPSA) is 61.8 Å². The van der Waals surface area contributed by atoms with Crippen molar-refractivity contribution in [1.29, 1.82) is 0 Å². The summed E-state index contributed by atoms with van der Waals surface area (Å²) in [5.41, 5.74) is 1.11. The van der Waals surface area contributed by atoms with Gasteiger partial charge in [0.1, 0.15) is 0 Å². The van der Waals surface area contributed by atoms with Crippen LogP contribution in [0.3, 0.4) is 0 Å². The number of aryl methyl sites for hydroxylation is 1. The van der Waals surface area contributed by atoms with Gasteiger partial charge < -0.3 is 4.57 Å². The largest absolute Gasteiger partial charge is 0.332 e. The van der Waals surface area contributed by atoms with Crippen LogP contribution in [-0.2, 0) is 14.1 Å². The highest BCUT2D eigenvalue weighted by Crippen LogP contribution is 2.26. The maximum Gasteiger partial charge on any atom is 0.332 e. The lowest BCUT2D eigenvalue weighted by Gasteiger charge is -2.16. The third-order valence-corrected chi connectivity index (χ3v) is 4.48. The molecule has 3 rings (SSSR count). The van der Waals surface area contributed by atoms with Gasteiger partial charge in [-0.25, -0.2) is 9.78 Å². The summed E-state index contributed by atoms with van der Waals surface area (Å²) < 4.78 is 4.82. The molecule has 0 bridgehead atoms. The standard InChI is InChI=1S/C15H15BrN4O2/c1-9(10-7-5-4-6-8-10)20-11-12(17-14(20)16)18(2)15(22)19(3)13(11)21/h4-9H,1-3H3. The van der Waals surface area contributed by atoms with Gasteiger partial charge in [0.15, 0.2) is 15.9 Å². The molecule has 1 unspecified atom stereocenters. The second kappa shape index (κ2) is 5.24. The van der Waals surface area contributed by atoms with Gasteiger partial charge >= 0.3 is 5.69 Å². The van der Waals surface area contributed by atoms with Crippen molar-refractivity contribution in [3.05, 3.63) is 61.5 Å². The molecular weight excluding hydrogens is 348 g/mol. The molecule has 0 aliphatic rings. The van der Waals surface area contributed by atoms with Crippen molar-refractivity contribution in [3.63, 3.8) is 0 Å². The Bertz CT molecular complexity index is 969. The predicted octanol–water partition coefficient (Wildman–Crippen LogP) is 1.81. The Balaban J connectivity index is 2.39. The molecule has 0 fully saturated rings. The smallest absolute Gasteiger partial charge is 0.305 e. The van der Waals surface area contributed by atoms with Gasteiger partial charge in [0.05, 0.1) is 6.04 Å². The van der Waals surface area contributed by atoms with Crippen molar-refractivity contribution in [2.24, 2.45) is 14.1 Å². The van der Waals surface area contributed by atoms with Gasteiger partial charge in [-0.3, -0.25) is 13.9 Å². The van der Waals surface area contributed by atoms with Crippen LogP contribution in [0.4, 0.5) is 0 Å². The molecule has 3 aromatic rings. The highest BCUT2D eigenvalue weighted by atomic mass is 79.9. The number of rotatable bonds is 2. The molecule has 22 heavy (non-hydrogen) atoms. The van der Waals surface area contributed by atoms with E-state index in [0.717, 1.165) is 10.1 Å². The minimum atomic E-state index is -0.387. The fourth-order valence-corrected chi connectivity index (χ4v) is 3.27. The third kappa shape index (κ3) is 2.04. The van der Waals surface area contributed by atoms with Gasteiger partial charge in [0.25, 0.3) is 5.56 Å². The SMILES string of the molecule is CC(c1ccccc1)n1c(Br)nc2c1c(=O)n(C)c(=O)n2C. The lowest BCUT2D eigenvalue weighted by atomic mass is 10.1. The van der Waals surface area contributed by atoms with Crippen LogP contribution in [0.5, 0.6) is 0 Å². The molecule has 6 nitrogen and oxygen atoms in total. The van der Waals surface area contributed by atoms with Crippen molar-refractivity contribution >= 4 is 27.1 Å². The molecule has 0 amide bonds. The maximum atomic E-state index is 12.5. The average molecular weight is 363 g/mol. The zero-order valence-corrected chi connectivity index (χ0v) is 14.0. The Labute approximate surface area is 134 Å². The zero-order valence-electron chi connectivity index (χ0n) is 12.4. The fraction of sp³-hybridized carbons (Fsp3) is 0.267. The maximum absolute atomic E-state index is 12.5. The van der Waals surface area contributed by atoms with E-state index in [-0.39, 0.29) is 17.3 Å². The van der Waals surface area contributed by atoms with Crippen molar-refractivity contribution in [3.8, 4) is 0 Å². The van der Waals surface area contributed by atoms with Crippen LogP contribution in [-0.4, -0.2) is 18.7 Å². The number of imidazole rings is 1. The van der Waals surface area contributed by atoms with Gasteiger partial charge in [-0.15, -0.1) is 0 Å². The number of hydrogen-bond donors (Lipinski definition) is 0. The van der Waals surface area contributed by atoms with Crippen molar-refractivity contribution in [2.75, 3.05) is 0 Å². The molecule has 0 N–H and O–H groups in total. The van der Waals surface area contributed by atoms with E-state index >= 15 is 0 Å². The lowest BCUT2D eigenvalue weighted by Crippen LogP contribution is -2.37. The first kappa shape index (κ1) is 14.8. The highest BCUT2D eigenvalue weighted by molar-refractivity contribution is 9.10. The molecule has 2 aromatic heterocycles. The molecule has 0 spiro atoms. The van der Waals surface area contributed by atoms with Crippen LogP contribution in [0.25, 0.3) is 11.2 Å². The van der Waals surface area contributed by atoms with E-state index in [2.05, 4.69) is 20.9 Å². The summed E-state index contributed by atoms with van der Waals surface area (Å²) in [6, 6.07) is 9.75. The summed E-state index contributed by atoms with van der Waals surface area (Å²) in [5, 5.41) is 0. The molecule has 0 saturated heterocycles. The zero-order chi connectivity index (χ0) is 16.0. The first-order valence-corrected chi connectivity index (χ1v) is 7.61. The molecule has 2 heterocycles. The number of fused-ring (bicyclic) bond motifs is 1. The predicted molar refractivity (Wildman–Crippen MR) is 88.2 cm³/mol. The van der Waals surface area contributed by atoms with Crippen LogP contribution in [0.15, 0.2) is 44.7 Å². The first-order valence-electron chi connectivity index (χ1n) is 6.82. The van der Waals surface area contributed by atoms with Gasteiger partial charge in [0.2, 0.25) is 0 Å². The summed E-state index contributed by atoms with van der Waals surface area (Å²) in [7, 11) is 3.09. The summed E-state index contributed by atoms with van der Waals surface area (Å²) in [6.45, 7) is 1.99. The van der Waals surface area contributed by atoms with Crippen LogP contribution in [0.1, 0.15) is 18.5 Å². The number of hydrogen-bond acceptors (Lipinski definition) is 3. The quantitative estimate of drug-likeness (QED) is 0.653. The Kier molecular flexibility index (Phi) is 3.52. The molecule has 0 radical (unpaired) electrons. The van der Waals surface area contributed by atoms with E-state index < -0.39 is 0 Å². The van der Waals surface area contributed by atoms with E-state index in [9.17, 15) is 9.59 Å². The van der Waals surface area contributed by atoms with Gasteiger partial charge in [-0.2, -0.15) is 0 Å². The van der Waals surface area contributed by atoms with Crippen LogP contribution in [0.2, 0.25) is 0 Å². The second-order valence-corrected chi connectivity index (χ2v) is 5.92. The van der Waals surface area contributed by atoms with E-state index in [0.29, 0.717) is 15.9 Å². The van der Waals surface area contributed by atoms with Gasteiger partial charge in [-0.05, 0) is 28.4 Å². The molecular formula is C15H15BrN4O2. The number of aromatic nitrogens is 4. The summed E-state index contributed by atoms with van der Waals surface area (Å²) >= 11 is 3.41. The van der Waals surface area contributed by atoms with Gasteiger partial charge in [-0.1, -0.05) is 30.3 Å². The molecule has 0 aliphatic heterocycles. The van der Waals surface area contributed by atoms with Crippen molar-refractivity contribution in [2.45, 2.75) is 13.0 Å². The van der Waals surface area contributed by atoms with Crippen LogP contribution < -0.4 is 11.2 Å². The summed E-state index contributed by atoms with van der Waals surface area (Å²) in [6.07, 6.45) is 0. The molecule has 0 saturated carbocycles. The lowest BCUT2D eigenvalue weighted by molar-refractivity contribution is 0.634. The minimum absolute atomic E-state index is 0.0919. The number of benzene rings is 1. The Hall–Kier alpha value is -2.15. The molecule has 7 heteroatoms.